The number of ether oxygens (including phenoxy) is 1. The Labute approximate surface area is 182 Å². The van der Waals surface area contributed by atoms with Crippen LogP contribution in [0.5, 0.6) is 11.5 Å². The summed E-state index contributed by atoms with van der Waals surface area (Å²) < 4.78 is 5.92. The Morgan fingerprint density at radius 1 is 1.00 bits per heavy atom. The van der Waals surface area contributed by atoms with Crippen molar-refractivity contribution in [3.8, 4) is 11.5 Å². The number of aromatic hydroxyl groups is 1. The first-order valence-corrected chi connectivity index (χ1v) is 10.2. The van der Waals surface area contributed by atoms with Crippen LogP contribution in [0.4, 0.5) is 10.5 Å². The molecule has 5 nitrogen and oxygen atoms in total. The monoisotopic (exact) mass is 437 g/mol. The van der Waals surface area contributed by atoms with Gasteiger partial charge in [-0.15, -0.1) is 0 Å². The maximum absolute atomic E-state index is 12.8. The van der Waals surface area contributed by atoms with Crippen molar-refractivity contribution >= 4 is 46.3 Å². The molecule has 30 heavy (non-hydrogen) atoms. The Kier molecular flexibility index (Phi) is 5.79. The lowest BCUT2D eigenvalue weighted by Gasteiger charge is -2.12. The molecule has 1 aliphatic heterocycles. The third-order valence-corrected chi connectivity index (χ3v) is 5.67. The minimum absolute atomic E-state index is 0.0196. The van der Waals surface area contributed by atoms with Crippen LogP contribution in [0.15, 0.2) is 77.7 Å². The maximum Gasteiger partial charge on any atom is 0.298 e. The Morgan fingerprint density at radius 3 is 2.57 bits per heavy atom. The summed E-state index contributed by atoms with van der Waals surface area (Å²) in [5.41, 5.74) is 1.84. The zero-order valence-corrected chi connectivity index (χ0v) is 17.2. The fourth-order valence-electron chi connectivity index (χ4n) is 2.97. The molecule has 0 aliphatic carbocycles. The van der Waals surface area contributed by atoms with Gasteiger partial charge < -0.3 is 9.84 Å². The highest BCUT2D eigenvalue weighted by molar-refractivity contribution is 8.19. The van der Waals surface area contributed by atoms with Crippen LogP contribution in [0.2, 0.25) is 5.02 Å². The molecule has 0 atom stereocenters. The average molecular weight is 438 g/mol. The van der Waals surface area contributed by atoms with Crippen LogP contribution >= 0.6 is 23.4 Å². The quantitative estimate of drug-likeness (QED) is 0.506. The van der Waals surface area contributed by atoms with Crippen molar-refractivity contribution in [2.45, 2.75) is 6.61 Å². The Bertz CT molecular complexity index is 1160. The number of anilines is 1. The summed E-state index contributed by atoms with van der Waals surface area (Å²) in [7, 11) is 0. The summed E-state index contributed by atoms with van der Waals surface area (Å²) in [6.45, 7) is 0.273. The van der Waals surface area contributed by atoms with Gasteiger partial charge in [-0.2, -0.15) is 0 Å². The number of thioether (sulfide) groups is 1. The van der Waals surface area contributed by atoms with E-state index in [1.807, 2.05) is 36.4 Å². The number of nitrogens with zero attached hydrogens (tertiary/aromatic N) is 1. The first-order valence-electron chi connectivity index (χ1n) is 9.05. The second-order valence-corrected chi connectivity index (χ2v) is 7.86. The van der Waals surface area contributed by atoms with Gasteiger partial charge in [0.1, 0.15) is 18.1 Å². The van der Waals surface area contributed by atoms with Gasteiger partial charge >= 0.3 is 0 Å². The van der Waals surface area contributed by atoms with Crippen molar-refractivity contribution < 1.29 is 19.4 Å². The fraction of sp³-hybridized carbons (Fsp3) is 0.0435. The first kappa shape index (κ1) is 20.1. The summed E-state index contributed by atoms with van der Waals surface area (Å²) in [5, 5.41) is 9.85. The number of hydrogen-bond acceptors (Lipinski definition) is 5. The lowest BCUT2D eigenvalue weighted by Crippen LogP contribution is -2.27. The lowest BCUT2D eigenvalue weighted by atomic mass is 10.1. The zero-order chi connectivity index (χ0) is 21.1. The van der Waals surface area contributed by atoms with Crippen molar-refractivity contribution in [1.29, 1.82) is 0 Å². The molecule has 150 valence electrons. The zero-order valence-electron chi connectivity index (χ0n) is 15.6. The molecule has 2 amide bonds. The summed E-state index contributed by atoms with van der Waals surface area (Å²) in [6.07, 6.45) is 1.63. The molecule has 3 aromatic rings. The van der Waals surface area contributed by atoms with E-state index >= 15 is 0 Å². The lowest BCUT2D eigenvalue weighted by molar-refractivity contribution is -0.113. The summed E-state index contributed by atoms with van der Waals surface area (Å²) in [5.74, 6) is 0.104. The molecule has 1 saturated heterocycles. The molecule has 0 aromatic heterocycles. The molecule has 1 N–H and O–H groups in total. The maximum atomic E-state index is 12.8. The van der Waals surface area contributed by atoms with E-state index in [0.717, 1.165) is 22.2 Å². The van der Waals surface area contributed by atoms with Crippen molar-refractivity contribution in [1.82, 2.24) is 0 Å². The topological polar surface area (TPSA) is 66.8 Å². The van der Waals surface area contributed by atoms with Crippen molar-refractivity contribution in [2.24, 2.45) is 0 Å². The summed E-state index contributed by atoms with van der Waals surface area (Å²) in [6, 6.07) is 20.7. The highest BCUT2D eigenvalue weighted by Gasteiger charge is 2.36. The fourth-order valence-corrected chi connectivity index (χ4v) is 3.99. The van der Waals surface area contributed by atoms with Gasteiger partial charge in [-0.25, -0.2) is 4.90 Å². The van der Waals surface area contributed by atoms with E-state index in [1.165, 1.54) is 12.1 Å². The van der Waals surface area contributed by atoms with E-state index in [-0.39, 0.29) is 17.3 Å². The van der Waals surface area contributed by atoms with Crippen molar-refractivity contribution in [3.05, 3.63) is 93.9 Å². The second-order valence-electron chi connectivity index (χ2n) is 6.45. The van der Waals surface area contributed by atoms with E-state index in [4.69, 9.17) is 16.3 Å². The number of imide groups is 1. The molecule has 0 saturated carbocycles. The van der Waals surface area contributed by atoms with Gasteiger partial charge in [0.2, 0.25) is 0 Å². The van der Waals surface area contributed by atoms with Gasteiger partial charge in [-0.05, 0) is 42.1 Å². The van der Waals surface area contributed by atoms with Crippen LogP contribution in [0.1, 0.15) is 11.1 Å². The molecule has 3 aromatic carbocycles. The number of carbonyl (C=O) groups excluding carboxylic acids is 2. The predicted octanol–water partition coefficient (Wildman–Crippen LogP) is 5.87. The molecule has 0 unspecified atom stereocenters. The van der Waals surface area contributed by atoms with Crippen LogP contribution in [0, 0.1) is 0 Å². The third kappa shape index (κ3) is 4.20. The first-order chi connectivity index (χ1) is 14.5. The highest BCUT2D eigenvalue weighted by atomic mass is 35.5. The molecule has 0 radical (unpaired) electrons. The average Bonchev–Trinajstić information content (AvgIpc) is 3.01. The van der Waals surface area contributed by atoms with Gasteiger partial charge in [0, 0.05) is 22.2 Å². The molecule has 1 fully saturated rings. The van der Waals surface area contributed by atoms with Gasteiger partial charge in [-0.1, -0.05) is 54.1 Å². The van der Waals surface area contributed by atoms with E-state index < -0.39 is 11.1 Å². The van der Waals surface area contributed by atoms with E-state index in [2.05, 4.69) is 0 Å². The van der Waals surface area contributed by atoms with Crippen LogP contribution in [0.25, 0.3) is 6.08 Å². The number of phenols is 1. The van der Waals surface area contributed by atoms with E-state index in [9.17, 15) is 14.7 Å². The number of halogens is 1. The molecule has 4 rings (SSSR count). The predicted molar refractivity (Wildman–Crippen MR) is 119 cm³/mol. The van der Waals surface area contributed by atoms with Crippen molar-refractivity contribution in [3.63, 3.8) is 0 Å². The van der Waals surface area contributed by atoms with Crippen molar-refractivity contribution in [2.75, 3.05) is 4.90 Å². The number of para-hydroxylation sites is 1. The van der Waals surface area contributed by atoms with Gasteiger partial charge in [0.05, 0.1) is 10.6 Å². The number of benzene rings is 3. The number of carbonyl (C=O) groups is 2. The summed E-state index contributed by atoms with van der Waals surface area (Å²) in [4.78, 5) is 26.6. The van der Waals surface area contributed by atoms with E-state index in [1.54, 1.807) is 30.3 Å². The molecule has 0 spiro atoms. The van der Waals surface area contributed by atoms with Gasteiger partial charge in [0.15, 0.2) is 0 Å². The Hall–Kier alpha value is -3.22. The van der Waals surface area contributed by atoms with Gasteiger partial charge in [-0.3, -0.25) is 9.59 Å². The molecule has 1 heterocycles. The smallest absolute Gasteiger partial charge is 0.298 e. The van der Waals surface area contributed by atoms with E-state index in [0.29, 0.717) is 22.0 Å². The molecule has 0 bridgehead atoms. The minimum atomic E-state index is -0.448. The SMILES string of the molecule is O=C1SC(=Cc2ccccc2OCc2ccccc2Cl)C(=O)N1c1cccc(O)c1. The number of hydrogen-bond donors (Lipinski definition) is 1. The van der Waals surface area contributed by atoms with Crippen LogP contribution in [0.3, 0.4) is 0 Å². The third-order valence-electron chi connectivity index (χ3n) is 4.43. The second kappa shape index (κ2) is 8.65. The number of amides is 2. The molecular weight excluding hydrogens is 422 g/mol. The molecule has 7 heteroatoms. The number of rotatable bonds is 5. The van der Waals surface area contributed by atoms with Crippen LogP contribution in [-0.4, -0.2) is 16.3 Å². The highest BCUT2D eigenvalue weighted by Crippen LogP contribution is 2.37. The van der Waals surface area contributed by atoms with Crippen LogP contribution < -0.4 is 9.64 Å². The normalized spacial score (nSPS) is 15.1. The summed E-state index contributed by atoms with van der Waals surface area (Å²) >= 11 is 7.03. The standard InChI is InChI=1S/C23H16ClNO4S/c24-19-10-3-1-7-16(19)14-29-20-11-4-2-6-15(20)12-21-22(27)25(23(28)30-21)17-8-5-9-18(26)13-17/h1-13,26H,14H2. The Morgan fingerprint density at radius 2 is 1.77 bits per heavy atom. The largest absolute Gasteiger partial charge is 0.508 e. The van der Waals surface area contributed by atoms with Crippen LogP contribution in [-0.2, 0) is 11.4 Å². The van der Waals surface area contributed by atoms with Gasteiger partial charge in [0.25, 0.3) is 11.1 Å². The molecular formula is C23H16ClNO4S. The number of phenolic OH excluding ortho intramolecular Hbond substituents is 1. The minimum Gasteiger partial charge on any atom is -0.508 e. The Balaban J connectivity index is 1.59. The molecule has 1 aliphatic rings.